The molecule has 17 heavy (non-hydrogen) atoms. The molecular formula is C11H13BrClN3O. The molecule has 1 N–H and O–H groups in total. The van der Waals surface area contributed by atoms with Crippen molar-refractivity contribution < 1.29 is 4.74 Å². The largest absolute Gasteiger partial charge is 0.490 e. The standard InChI is InChI=1S/C11H13BrClN3O/c12-8-5-9-11(15-10(8)13)16-3-2-14-6-7(16)1-4-17-9/h5,7,14H,1-4,6H2/t7-/m0/s1. The van der Waals surface area contributed by atoms with Crippen molar-refractivity contribution in [3.05, 3.63) is 15.7 Å². The first kappa shape index (κ1) is 11.6. The lowest BCUT2D eigenvalue weighted by Gasteiger charge is -2.35. The minimum atomic E-state index is 0.453. The normalized spacial score (nSPS) is 23.4. The van der Waals surface area contributed by atoms with E-state index >= 15 is 0 Å². The number of hydrogen-bond donors (Lipinski definition) is 1. The summed E-state index contributed by atoms with van der Waals surface area (Å²) in [5, 5.41) is 3.89. The zero-order valence-electron chi connectivity index (χ0n) is 9.25. The SMILES string of the molecule is Clc1nc2c(cc1Br)OCC[C@H]1CNCCN21. The second kappa shape index (κ2) is 4.63. The first-order valence-electron chi connectivity index (χ1n) is 5.72. The number of rotatable bonds is 0. The highest BCUT2D eigenvalue weighted by Gasteiger charge is 2.29. The van der Waals surface area contributed by atoms with E-state index in [1.807, 2.05) is 6.07 Å². The number of hydrogen-bond acceptors (Lipinski definition) is 4. The Morgan fingerprint density at radius 1 is 1.59 bits per heavy atom. The lowest BCUT2D eigenvalue weighted by atomic mass is 10.1. The summed E-state index contributed by atoms with van der Waals surface area (Å²) in [6.45, 7) is 3.64. The molecule has 0 saturated carbocycles. The monoisotopic (exact) mass is 317 g/mol. The van der Waals surface area contributed by atoms with Gasteiger partial charge in [0.1, 0.15) is 5.15 Å². The summed E-state index contributed by atoms with van der Waals surface area (Å²) < 4.78 is 6.54. The smallest absolute Gasteiger partial charge is 0.173 e. The van der Waals surface area contributed by atoms with E-state index in [0.29, 0.717) is 11.2 Å². The molecule has 6 heteroatoms. The molecule has 4 nitrogen and oxygen atoms in total. The van der Waals surface area contributed by atoms with E-state index in [1.54, 1.807) is 0 Å². The van der Waals surface area contributed by atoms with Crippen LogP contribution in [0.2, 0.25) is 5.15 Å². The zero-order valence-corrected chi connectivity index (χ0v) is 11.6. The Kier molecular flexibility index (Phi) is 3.15. The van der Waals surface area contributed by atoms with Gasteiger partial charge >= 0.3 is 0 Å². The van der Waals surface area contributed by atoms with Crippen LogP contribution in [-0.4, -0.2) is 37.3 Å². The number of ether oxygens (including phenoxy) is 1. The van der Waals surface area contributed by atoms with Crippen molar-refractivity contribution in [3.63, 3.8) is 0 Å². The molecule has 3 heterocycles. The highest BCUT2D eigenvalue weighted by Crippen LogP contribution is 2.36. The van der Waals surface area contributed by atoms with Crippen LogP contribution in [-0.2, 0) is 0 Å². The third kappa shape index (κ3) is 2.11. The van der Waals surface area contributed by atoms with Gasteiger partial charge in [-0.1, -0.05) is 11.6 Å². The van der Waals surface area contributed by atoms with Crippen LogP contribution < -0.4 is 15.0 Å². The number of fused-ring (bicyclic) bond motifs is 3. The van der Waals surface area contributed by atoms with Crippen LogP contribution in [0.25, 0.3) is 0 Å². The van der Waals surface area contributed by atoms with E-state index < -0.39 is 0 Å². The van der Waals surface area contributed by atoms with E-state index in [0.717, 1.165) is 48.7 Å². The number of aromatic nitrogens is 1. The maximum atomic E-state index is 6.07. The van der Waals surface area contributed by atoms with E-state index in [9.17, 15) is 0 Å². The minimum Gasteiger partial charge on any atom is -0.490 e. The van der Waals surface area contributed by atoms with Crippen LogP contribution in [0.15, 0.2) is 10.5 Å². The zero-order chi connectivity index (χ0) is 11.8. The van der Waals surface area contributed by atoms with Crippen LogP contribution in [0.1, 0.15) is 6.42 Å². The Morgan fingerprint density at radius 2 is 2.47 bits per heavy atom. The third-order valence-corrected chi connectivity index (χ3v) is 4.33. The molecule has 0 bridgehead atoms. The van der Waals surface area contributed by atoms with Crippen molar-refractivity contribution in [2.24, 2.45) is 0 Å². The summed E-state index contributed by atoms with van der Waals surface area (Å²) in [5.41, 5.74) is 0. The highest BCUT2D eigenvalue weighted by atomic mass is 79.9. The molecule has 3 rings (SSSR count). The quantitative estimate of drug-likeness (QED) is 0.743. The van der Waals surface area contributed by atoms with Crippen LogP contribution in [0.4, 0.5) is 5.82 Å². The van der Waals surface area contributed by atoms with Crippen molar-refractivity contribution in [1.82, 2.24) is 10.3 Å². The molecule has 0 aliphatic carbocycles. The number of nitrogens with zero attached hydrogens (tertiary/aromatic N) is 2. The van der Waals surface area contributed by atoms with Gasteiger partial charge in [-0.2, -0.15) is 0 Å². The Hall–Kier alpha value is -0.520. The Bertz CT molecular complexity index is 443. The molecular weight excluding hydrogens is 305 g/mol. The van der Waals surface area contributed by atoms with E-state index in [4.69, 9.17) is 16.3 Å². The van der Waals surface area contributed by atoms with Crippen molar-refractivity contribution in [2.75, 3.05) is 31.1 Å². The predicted octanol–water partition coefficient (Wildman–Crippen LogP) is 2.06. The van der Waals surface area contributed by atoms with Crippen LogP contribution in [0.3, 0.4) is 0 Å². The molecule has 1 fully saturated rings. The number of pyridine rings is 1. The van der Waals surface area contributed by atoms with Gasteiger partial charge in [-0.3, -0.25) is 0 Å². The Balaban J connectivity index is 2.05. The van der Waals surface area contributed by atoms with Crippen molar-refractivity contribution in [2.45, 2.75) is 12.5 Å². The summed E-state index contributed by atoms with van der Waals surface area (Å²) in [4.78, 5) is 6.75. The minimum absolute atomic E-state index is 0.453. The van der Waals surface area contributed by atoms with Crippen LogP contribution in [0.5, 0.6) is 5.75 Å². The molecule has 0 spiro atoms. The third-order valence-electron chi connectivity index (χ3n) is 3.21. The van der Waals surface area contributed by atoms with Crippen molar-refractivity contribution >= 4 is 33.3 Å². The summed E-state index contributed by atoms with van der Waals surface area (Å²) in [6, 6.07) is 2.37. The van der Waals surface area contributed by atoms with Gasteiger partial charge in [-0.05, 0) is 15.9 Å². The Morgan fingerprint density at radius 3 is 3.35 bits per heavy atom. The molecule has 0 aromatic carbocycles. The second-order valence-electron chi connectivity index (χ2n) is 4.27. The lowest BCUT2D eigenvalue weighted by molar-refractivity contribution is 0.303. The van der Waals surface area contributed by atoms with E-state index in [1.165, 1.54) is 0 Å². The lowest BCUT2D eigenvalue weighted by Crippen LogP contribution is -2.51. The van der Waals surface area contributed by atoms with Gasteiger partial charge in [0.05, 0.1) is 11.1 Å². The van der Waals surface area contributed by atoms with Gasteiger partial charge in [0.25, 0.3) is 0 Å². The molecule has 92 valence electrons. The van der Waals surface area contributed by atoms with Gasteiger partial charge < -0.3 is 15.0 Å². The first-order chi connectivity index (χ1) is 8.25. The molecule has 0 radical (unpaired) electrons. The summed E-state index contributed by atoms with van der Waals surface area (Å²) >= 11 is 9.46. The molecule has 2 aliphatic rings. The average molecular weight is 319 g/mol. The topological polar surface area (TPSA) is 37.4 Å². The number of halogens is 2. The molecule has 1 saturated heterocycles. The molecule has 1 atom stereocenters. The maximum Gasteiger partial charge on any atom is 0.173 e. The van der Waals surface area contributed by atoms with E-state index in [2.05, 4.69) is 31.1 Å². The molecule has 1 aromatic rings. The van der Waals surface area contributed by atoms with Crippen molar-refractivity contribution in [3.8, 4) is 5.75 Å². The van der Waals surface area contributed by atoms with Crippen LogP contribution in [0, 0.1) is 0 Å². The summed E-state index contributed by atoms with van der Waals surface area (Å²) in [7, 11) is 0. The maximum absolute atomic E-state index is 6.07. The second-order valence-corrected chi connectivity index (χ2v) is 5.48. The first-order valence-corrected chi connectivity index (χ1v) is 6.89. The summed E-state index contributed by atoms with van der Waals surface area (Å²) in [5.74, 6) is 1.70. The van der Waals surface area contributed by atoms with Gasteiger partial charge in [0, 0.05) is 38.2 Å². The van der Waals surface area contributed by atoms with Gasteiger partial charge in [0.15, 0.2) is 11.6 Å². The average Bonchev–Trinajstić information content (AvgIpc) is 2.50. The fraction of sp³-hybridized carbons (Fsp3) is 0.545. The summed E-state index contributed by atoms with van der Waals surface area (Å²) in [6.07, 6.45) is 1.01. The number of piperazine rings is 1. The molecule has 0 amide bonds. The number of nitrogens with one attached hydrogen (secondary N) is 1. The molecule has 0 unspecified atom stereocenters. The highest BCUT2D eigenvalue weighted by molar-refractivity contribution is 9.10. The fourth-order valence-corrected chi connectivity index (χ4v) is 2.79. The Labute approximate surface area is 113 Å². The van der Waals surface area contributed by atoms with Crippen LogP contribution >= 0.6 is 27.5 Å². The molecule has 2 aliphatic heterocycles. The van der Waals surface area contributed by atoms with E-state index in [-0.39, 0.29) is 0 Å². The van der Waals surface area contributed by atoms with Crippen molar-refractivity contribution in [1.29, 1.82) is 0 Å². The molecule has 1 aromatic heterocycles. The van der Waals surface area contributed by atoms with Gasteiger partial charge in [-0.25, -0.2) is 4.98 Å². The van der Waals surface area contributed by atoms with Gasteiger partial charge in [0.2, 0.25) is 0 Å². The van der Waals surface area contributed by atoms with Gasteiger partial charge in [-0.15, -0.1) is 0 Å². The fourth-order valence-electron chi connectivity index (χ4n) is 2.36. The number of anilines is 1. The predicted molar refractivity (Wildman–Crippen MR) is 71.1 cm³/mol.